The van der Waals surface area contributed by atoms with Crippen LogP contribution in [0.4, 0.5) is 4.39 Å². The van der Waals surface area contributed by atoms with Gasteiger partial charge in [0.15, 0.2) is 0 Å². The molecular weight excluding hydrogens is 263 g/mol. The molecule has 1 aliphatic rings. The van der Waals surface area contributed by atoms with Gasteiger partial charge in [0.05, 0.1) is 6.10 Å². The van der Waals surface area contributed by atoms with E-state index in [1.54, 1.807) is 6.07 Å². The van der Waals surface area contributed by atoms with Crippen molar-refractivity contribution in [1.82, 2.24) is 0 Å². The molecule has 0 aromatic heterocycles. The Morgan fingerprint density at radius 2 is 1.95 bits per heavy atom. The summed E-state index contributed by atoms with van der Waals surface area (Å²) in [4.78, 5) is 0. The number of aliphatic hydroxyl groups is 1. The molecule has 0 saturated heterocycles. The average molecular weight is 284 g/mol. The minimum atomic E-state index is -0.359. The number of aryl methyl sites for hydroxylation is 2. The Morgan fingerprint density at radius 3 is 2.71 bits per heavy atom. The Morgan fingerprint density at radius 1 is 1.19 bits per heavy atom. The van der Waals surface area contributed by atoms with E-state index >= 15 is 0 Å². The maximum atomic E-state index is 13.1. The first-order chi connectivity index (χ1) is 10.1. The van der Waals surface area contributed by atoms with Crippen molar-refractivity contribution in [2.75, 3.05) is 0 Å². The van der Waals surface area contributed by atoms with E-state index in [4.69, 9.17) is 0 Å². The molecule has 110 valence electrons. The van der Waals surface area contributed by atoms with E-state index in [2.05, 4.69) is 24.3 Å². The lowest BCUT2D eigenvalue weighted by atomic mass is 9.79. The second-order valence-electron chi connectivity index (χ2n) is 6.11. The molecule has 0 amide bonds. The molecule has 0 bridgehead atoms. The fourth-order valence-corrected chi connectivity index (χ4v) is 3.33. The highest BCUT2D eigenvalue weighted by Crippen LogP contribution is 2.29. The quantitative estimate of drug-likeness (QED) is 0.908. The molecule has 0 radical (unpaired) electrons. The number of rotatable bonds is 3. The SMILES string of the molecule is Cc1cc(F)ccc1CC(O)C1CCc2ccccc2C1. The standard InChI is InChI=1S/C19H21FO/c1-13-10-18(20)9-8-15(13)12-19(21)17-7-6-14-4-2-3-5-16(14)11-17/h2-5,8-10,17,19,21H,6-7,11-12H2,1H3. The molecule has 2 atom stereocenters. The molecular formula is C19H21FO. The summed E-state index contributed by atoms with van der Waals surface area (Å²) in [5.41, 5.74) is 4.75. The van der Waals surface area contributed by atoms with Crippen LogP contribution in [0, 0.1) is 18.7 Å². The second-order valence-corrected chi connectivity index (χ2v) is 6.11. The zero-order chi connectivity index (χ0) is 14.8. The summed E-state index contributed by atoms with van der Waals surface area (Å²) in [5, 5.41) is 10.6. The van der Waals surface area contributed by atoms with Gasteiger partial charge in [-0.05, 0) is 72.9 Å². The fourth-order valence-electron chi connectivity index (χ4n) is 3.33. The highest BCUT2D eigenvalue weighted by Gasteiger charge is 2.25. The Hall–Kier alpha value is -1.67. The number of benzene rings is 2. The van der Waals surface area contributed by atoms with Gasteiger partial charge < -0.3 is 5.11 Å². The summed E-state index contributed by atoms with van der Waals surface area (Å²) in [7, 11) is 0. The van der Waals surface area contributed by atoms with Crippen molar-refractivity contribution in [3.8, 4) is 0 Å². The molecule has 1 nitrogen and oxygen atoms in total. The van der Waals surface area contributed by atoms with Gasteiger partial charge in [-0.15, -0.1) is 0 Å². The normalized spacial score (nSPS) is 19.1. The highest BCUT2D eigenvalue weighted by molar-refractivity contribution is 5.31. The summed E-state index contributed by atoms with van der Waals surface area (Å²) >= 11 is 0. The lowest BCUT2D eigenvalue weighted by Crippen LogP contribution is -2.28. The molecule has 3 rings (SSSR count). The van der Waals surface area contributed by atoms with Crippen LogP contribution in [0.2, 0.25) is 0 Å². The van der Waals surface area contributed by atoms with Crippen LogP contribution in [0.15, 0.2) is 42.5 Å². The van der Waals surface area contributed by atoms with Crippen molar-refractivity contribution >= 4 is 0 Å². The van der Waals surface area contributed by atoms with Crippen LogP contribution in [0.1, 0.15) is 28.7 Å². The monoisotopic (exact) mass is 284 g/mol. The van der Waals surface area contributed by atoms with Crippen LogP contribution in [-0.4, -0.2) is 11.2 Å². The predicted molar refractivity (Wildman–Crippen MR) is 82.8 cm³/mol. The zero-order valence-corrected chi connectivity index (χ0v) is 12.3. The maximum absolute atomic E-state index is 13.1. The Labute approximate surface area is 125 Å². The molecule has 0 saturated carbocycles. The third kappa shape index (κ3) is 3.16. The van der Waals surface area contributed by atoms with E-state index in [1.807, 2.05) is 6.92 Å². The Bertz CT molecular complexity index is 635. The largest absolute Gasteiger partial charge is 0.392 e. The van der Waals surface area contributed by atoms with Gasteiger partial charge in [-0.25, -0.2) is 4.39 Å². The van der Waals surface area contributed by atoms with Crippen LogP contribution in [0.5, 0.6) is 0 Å². The number of halogens is 1. The molecule has 2 aromatic rings. The lowest BCUT2D eigenvalue weighted by Gasteiger charge is -2.29. The van der Waals surface area contributed by atoms with Crippen LogP contribution < -0.4 is 0 Å². The third-order valence-corrected chi connectivity index (χ3v) is 4.66. The van der Waals surface area contributed by atoms with E-state index in [9.17, 15) is 9.50 Å². The number of hydrogen-bond donors (Lipinski definition) is 1. The maximum Gasteiger partial charge on any atom is 0.123 e. The molecule has 21 heavy (non-hydrogen) atoms. The van der Waals surface area contributed by atoms with Gasteiger partial charge >= 0.3 is 0 Å². The first-order valence-corrected chi connectivity index (χ1v) is 7.63. The minimum Gasteiger partial charge on any atom is -0.392 e. The molecule has 2 unspecified atom stereocenters. The summed E-state index contributed by atoms with van der Waals surface area (Å²) in [6.45, 7) is 1.90. The molecule has 2 heteroatoms. The van der Waals surface area contributed by atoms with Crippen molar-refractivity contribution in [3.05, 3.63) is 70.5 Å². The minimum absolute atomic E-state index is 0.211. The van der Waals surface area contributed by atoms with E-state index in [1.165, 1.54) is 23.3 Å². The Balaban J connectivity index is 1.70. The van der Waals surface area contributed by atoms with Gasteiger partial charge in [-0.1, -0.05) is 30.3 Å². The van der Waals surface area contributed by atoms with Crippen molar-refractivity contribution in [1.29, 1.82) is 0 Å². The average Bonchev–Trinajstić information content (AvgIpc) is 2.49. The highest BCUT2D eigenvalue weighted by atomic mass is 19.1. The molecule has 0 fully saturated rings. The van der Waals surface area contributed by atoms with Crippen LogP contribution in [0.25, 0.3) is 0 Å². The van der Waals surface area contributed by atoms with E-state index in [-0.39, 0.29) is 11.9 Å². The molecule has 0 heterocycles. The van der Waals surface area contributed by atoms with Gasteiger partial charge in [0.25, 0.3) is 0 Å². The molecule has 2 aromatic carbocycles. The lowest BCUT2D eigenvalue weighted by molar-refractivity contribution is 0.0991. The summed E-state index contributed by atoms with van der Waals surface area (Å²) < 4.78 is 13.1. The summed E-state index contributed by atoms with van der Waals surface area (Å²) in [6.07, 6.45) is 3.26. The van der Waals surface area contributed by atoms with Gasteiger partial charge in [0.1, 0.15) is 5.82 Å². The number of fused-ring (bicyclic) bond motifs is 1. The topological polar surface area (TPSA) is 20.2 Å². The molecule has 1 aliphatic carbocycles. The first-order valence-electron chi connectivity index (χ1n) is 7.63. The molecule has 0 spiro atoms. The van der Waals surface area contributed by atoms with Crippen molar-refractivity contribution < 1.29 is 9.50 Å². The first kappa shape index (κ1) is 14.3. The van der Waals surface area contributed by atoms with Crippen molar-refractivity contribution in [2.24, 2.45) is 5.92 Å². The summed E-state index contributed by atoms with van der Waals surface area (Å²) in [5.74, 6) is 0.0849. The number of aliphatic hydroxyl groups excluding tert-OH is 1. The van der Waals surface area contributed by atoms with Crippen LogP contribution >= 0.6 is 0 Å². The van der Waals surface area contributed by atoms with Crippen LogP contribution in [0.3, 0.4) is 0 Å². The van der Waals surface area contributed by atoms with Gasteiger partial charge in [0.2, 0.25) is 0 Å². The fraction of sp³-hybridized carbons (Fsp3) is 0.368. The van der Waals surface area contributed by atoms with E-state index in [0.29, 0.717) is 12.3 Å². The van der Waals surface area contributed by atoms with Crippen molar-refractivity contribution in [3.63, 3.8) is 0 Å². The van der Waals surface area contributed by atoms with E-state index < -0.39 is 0 Å². The van der Waals surface area contributed by atoms with Crippen molar-refractivity contribution in [2.45, 2.75) is 38.7 Å². The molecule has 1 N–H and O–H groups in total. The van der Waals surface area contributed by atoms with Gasteiger partial charge in [-0.2, -0.15) is 0 Å². The number of hydrogen-bond acceptors (Lipinski definition) is 1. The van der Waals surface area contributed by atoms with Crippen LogP contribution in [-0.2, 0) is 19.3 Å². The predicted octanol–water partition coefficient (Wildman–Crippen LogP) is 3.84. The van der Waals surface area contributed by atoms with Gasteiger partial charge in [0, 0.05) is 0 Å². The smallest absolute Gasteiger partial charge is 0.123 e. The van der Waals surface area contributed by atoms with E-state index in [0.717, 1.165) is 30.4 Å². The Kier molecular flexibility index (Phi) is 4.07. The second kappa shape index (κ2) is 5.98. The zero-order valence-electron chi connectivity index (χ0n) is 12.3. The third-order valence-electron chi connectivity index (χ3n) is 4.66. The molecule has 0 aliphatic heterocycles. The summed E-state index contributed by atoms with van der Waals surface area (Å²) in [6, 6.07) is 13.3. The van der Waals surface area contributed by atoms with Gasteiger partial charge in [-0.3, -0.25) is 0 Å².